The molecule has 27 heavy (non-hydrogen) atoms. The number of carbonyl (C=O) groups excluding carboxylic acids is 3. The van der Waals surface area contributed by atoms with Crippen molar-refractivity contribution in [2.45, 2.75) is 59.7 Å². The molecule has 1 aromatic rings. The minimum atomic E-state index is -0.750. The zero-order valence-corrected chi connectivity index (χ0v) is 16.8. The molecule has 1 rings (SSSR count). The average molecular weight is 378 g/mol. The van der Waals surface area contributed by atoms with Gasteiger partial charge in [-0.25, -0.2) is 10.2 Å². The maximum Gasteiger partial charge on any atom is 0.426 e. The number of hydrogen-bond acceptors (Lipinski definition) is 5. The first-order valence-electron chi connectivity index (χ1n) is 9.06. The minimum Gasteiger partial charge on any atom is -0.460 e. The van der Waals surface area contributed by atoms with Gasteiger partial charge < -0.3 is 9.47 Å². The Kier molecular flexibility index (Phi) is 8.78. The largest absolute Gasteiger partial charge is 0.460 e. The van der Waals surface area contributed by atoms with E-state index in [0.29, 0.717) is 12.3 Å². The van der Waals surface area contributed by atoms with Crippen LogP contribution in [0.1, 0.15) is 53.0 Å². The van der Waals surface area contributed by atoms with Crippen LogP contribution in [-0.2, 0) is 25.7 Å². The van der Waals surface area contributed by atoms with Gasteiger partial charge in [0.05, 0.1) is 0 Å². The summed E-state index contributed by atoms with van der Waals surface area (Å²) in [6, 6.07) is 9.22. The van der Waals surface area contributed by atoms with Crippen LogP contribution < -0.4 is 5.43 Å². The van der Waals surface area contributed by atoms with Crippen molar-refractivity contribution >= 4 is 18.0 Å². The fourth-order valence-corrected chi connectivity index (χ4v) is 2.09. The number of rotatable bonds is 7. The standard InChI is InChI=1S/C20H30N2O5/c1-15(2)11-12-22(17(23)13-18(24)27-20(3,4)5)21-19(25)26-14-16-9-7-6-8-10-16/h6-10,15H,11-14H2,1-5H3,(H,21,25). The number of amides is 2. The molecule has 0 heterocycles. The van der Waals surface area contributed by atoms with Gasteiger partial charge in [-0.2, -0.15) is 0 Å². The van der Waals surface area contributed by atoms with Gasteiger partial charge >= 0.3 is 12.1 Å². The van der Waals surface area contributed by atoms with Crippen molar-refractivity contribution in [3.05, 3.63) is 35.9 Å². The highest BCUT2D eigenvalue weighted by Gasteiger charge is 2.24. The Morgan fingerprint density at radius 2 is 1.74 bits per heavy atom. The van der Waals surface area contributed by atoms with Crippen molar-refractivity contribution < 1.29 is 23.9 Å². The van der Waals surface area contributed by atoms with Crippen LogP contribution in [0.4, 0.5) is 4.79 Å². The number of hydrazine groups is 1. The summed E-state index contributed by atoms with van der Waals surface area (Å²) in [6.07, 6.45) is -0.534. The maximum absolute atomic E-state index is 12.4. The summed E-state index contributed by atoms with van der Waals surface area (Å²) in [5, 5.41) is 1.12. The Labute approximate surface area is 161 Å². The monoisotopic (exact) mass is 378 g/mol. The first kappa shape index (κ1) is 22.5. The van der Waals surface area contributed by atoms with E-state index in [4.69, 9.17) is 9.47 Å². The van der Waals surface area contributed by atoms with Gasteiger partial charge in [-0.15, -0.1) is 0 Å². The molecule has 7 nitrogen and oxygen atoms in total. The van der Waals surface area contributed by atoms with Gasteiger partial charge in [-0.05, 0) is 38.7 Å². The second-order valence-corrected chi connectivity index (χ2v) is 7.66. The molecule has 2 amide bonds. The molecule has 0 atom stereocenters. The summed E-state index contributed by atoms with van der Waals surface area (Å²) in [7, 11) is 0. The summed E-state index contributed by atoms with van der Waals surface area (Å²) < 4.78 is 10.3. The van der Waals surface area contributed by atoms with E-state index in [9.17, 15) is 14.4 Å². The summed E-state index contributed by atoms with van der Waals surface area (Å²) in [5.41, 5.74) is 2.58. The van der Waals surface area contributed by atoms with Gasteiger partial charge in [0, 0.05) is 6.54 Å². The van der Waals surface area contributed by atoms with Crippen LogP contribution in [0.25, 0.3) is 0 Å². The molecule has 0 aromatic heterocycles. The van der Waals surface area contributed by atoms with Crippen LogP contribution in [0, 0.1) is 5.92 Å². The molecule has 0 unspecified atom stereocenters. The molecular formula is C20H30N2O5. The molecule has 7 heteroatoms. The van der Waals surface area contributed by atoms with Gasteiger partial charge in [0.2, 0.25) is 0 Å². The zero-order chi connectivity index (χ0) is 20.4. The van der Waals surface area contributed by atoms with E-state index in [1.807, 2.05) is 44.2 Å². The molecule has 0 fully saturated rings. The van der Waals surface area contributed by atoms with Crippen molar-refractivity contribution in [1.29, 1.82) is 0 Å². The highest BCUT2D eigenvalue weighted by Crippen LogP contribution is 2.10. The van der Waals surface area contributed by atoms with Crippen molar-refractivity contribution in [1.82, 2.24) is 10.4 Å². The minimum absolute atomic E-state index is 0.0882. The Hall–Kier alpha value is -2.57. The lowest BCUT2D eigenvalue weighted by molar-refractivity contribution is -0.158. The molecule has 1 N–H and O–H groups in total. The van der Waals surface area contributed by atoms with Gasteiger partial charge in [-0.1, -0.05) is 44.2 Å². The summed E-state index contributed by atoms with van der Waals surface area (Å²) in [5.74, 6) is -0.855. The molecule has 0 aliphatic rings. The summed E-state index contributed by atoms with van der Waals surface area (Å²) in [4.78, 5) is 36.4. The van der Waals surface area contributed by atoms with Crippen molar-refractivity contribution in [3.8, 4) is 0 Å². The quantitative estimate of drug-likeness (QED) is 0.446. The first-order chi connectivity index (χ1) is 12.6. The summed E-state index contributed by atoms with van der Waals surface area (Å²) in [6.45, 7) is 9.56. The van der Waals surface area contributed by atoms with Crippen molar-refractivity contribution in [3.63, 3.8) is 0 Å². The van der Waals surface area contributed by atoms with Gasteiger partial charge in [-0.3, -0.25) is 14.6 Å². The maximum atomic E-state index is 12.4. The SMILES string of the molecule is CC(C)CCN(NC(=O)OCc1ccccc1)C(=O)CC(=O)OC(C)(C)C. The predicted molar refractivity (Wildman–Crippen MR) is 101 cm³/mol. The fraction of sp³-hybridized carbons (Fsp3) is 0.550. The van der Waals surface area contributed by atoms with E-state index in [2.05, 4.69) is 5.43 Å². The summed E-state index contributed by atoms with van der Waals surface area (Å²) >= 11 is 0. The lowest BCUT2D eigenvalue weighted by Gasteiger charge is -2.25. The number of nitrogens with zero attached hydrogens (tertiary/aromatic N) is 1. The van der Waals surface area contributed by atoms with Gasteiger partial charge in [0.15, 0.2) is 0 Å². The number of benzene rings is 1. The third-order valence-corrected chi connectivity index (χ3v) is 3.39. The van der Waals surface area contributed by atoms with E-state index in [1.165, 1.54) is 0 Å². The van der Waals surface area contributed by atoms with Gasteiger partial charge in [0.25, 0.3) is 5.91 Å². The number of ether oxygens (including phenoxy) is 2. The van der Waals surface area contributed by atoms with Crippen LogP contribution in [0.15, 0.2) is 30.3 Å². The molecule has 0 saturated heterocycles. The Morgan fingerprint density at radius 3 is 2.30 bits per heavy atom. The van der Waals surface area contributed by atoms with E-state index in [1.54, 1.807) is 20.8 Å². The number of carbonyl (C=O) groups is 3. The van der Waals surface area contributed by atoms with Gasteiger partial charge in [0.1, 0.15) is 18.6 Å². The Balaban J connectivity index is 2.62. The number of nitrogens with one attached hydrogen (secondary N) is 1. The van der Waals surface area contributed by atoms with E-state index in [-0.39, 0.29) is 13.2 Å². The highest BCUT2D eigenvalue weighted by molar-refractivity contribution is 5.94. The second kappa shape index (κ2) is 10.5. The second-order valence-electron chi connectivity index (χ2n) is 7.66. The lowest BCUT2D eigenvalue weighted by Crippen LogP contribution is -2.48. The van der Waals surface area contributed by atoms with Crippen LogP contribution in [0.3, 0.4) is 0 Å². The number of hydrogen-bond donors (Lipinski definition) is 1. The molecule has 0 saturated carbocycles. The average Bonchev–Trinajstić information content (AvgIpc) is 2.55. The zero-order valence-electron chi connectivity index (χ0n) is 16.8. The van der Waals surface area contributed by atoms with Crippen LogP contribution in [0.2, 0.25) is 0 Å². The van der Waals surface area contributed by atoms with E-state index in [0.717, 1.165) is 10.6 Å². The molecule has 0 radical (unpaired) electrons. The third-order valence-electron chi connectivity index (χ3n) is 3.39. The number of esters is 1. The highest BCUT2D eigenvalue weighted by atomic mass is 16.6. The molecule has 150 valence electrons. The molecule has 0 bridgehead atoms. The fourth-order valence-electron chi connectivity index (χ4n) is 2.09. The Morgan fingerprint density at radius 1 is 1.11 bits per heavy atom. The Bertz CT molecular complexity index is 623. The molecule has 1 aromatic carbocycles. The lowest BCUT2D eigenvalue weighted by atomic mass is 10.1. The topological polar surface area (TPSA) is 84.9 Å². The third kappa shape index (κ3) is 10.2. The van der Waals surface area contributed by atoms with Crippen molar-refractivity contribution in [2.75, 3.05) is 6.54 Å². The van der Waals surface area contributed by atoms with E-state index < -0.39 is 30.0 Å². The molecule has 0 aliphatic heterocycles. The van der Waals surface area contributed by atoms with Crippen molar-refractivity contribution in [2.24, 2.45) is 5.92 Å². The molecular weight excluding hydrogens is 348 g/mol. The molecule has 0 spiro atoms. The van der Waals surface area contributed by atoms with Crippen LogP contribution in [-0.4, -0.2) is 35.1 Å². The smallest absolute Gasteiger partial charge is 0.426 e. The normalized spacial score (nSPS) is 11.0. The molecule has 0 aliphatic carbocycles. The van der Waals surface area contributed by atoms with Crippen LogP contribution >= 0.6 is 0 Å². The predicted octanol–water partition coefficient (Wildman–Crippen LogP) is 3.43. The first-order valence-corrected chi connectivity index (χ1v) is 9.06. The van der Waals surface area contributed by atoms with E-state index >= 15 is 0 Å². The van der Waals surface area contributed by atoms with Crippen LogP contribution in [0.5, 0.6) is 0 Å².